The van der Waals surface area contributed by atoms with E-state index in [1.165, 1.54) is 0 Å². The summed E-state index contributed by atoms with van der Waals surface area (Å²) < 4.78 is 11.6. The van der Waals surface area contributed by atoms with E-state index in [2.05, 4.69) is 5.32 Å². The zero-order valence-corrected chi connectivity index (χ0v) is 18.7. The summed E-state index contributed by atoms with van der Waals surface area (Å²) in [5, 5.41) is 3.75. The summed E-state index contributed by atoms with van der Waals surface area (Å²) in [5.41, 5.74) is 0.719. The Balaban J connectivity index is 1.52. The number of piperidine rings is 1. The summed E-state index contributed by atoms with van der Waals surface area (Å²) in [6.45, 7) is 8.00. The first-order chi connectivity index (χ1) is 15.3. The quantitative estimate of drug-likeness (QED) is 0.798. The minimum atomic E-state index is -0.891. The number of likely N-dealkylation sites (tertiary alicyclic amines) is 1. The topological polar surface area (TPSA) is 93.1 Å². The predicted molar refractivity (Wildman–Crippen MR) is 119 cm³/mol. The van der Waals surface area contributed by atoms with E-state index in [0.29, 0.717) is 56.2 Å². The lowest BCUT2D eigenvalue weighted by Crippen LogP contribution is -2.47. The second-order valence-corrected chi connectivity index (χ2v) is 9.19. The molecular formula is C24H28N4O4. The van der Waals surface area contributed by atoms with E-state index in [9.17, 15) is 9.59 Å². The van der Waals surface area contributed by atoms with E-state index in [4.69, 9.17) is 19.5 Å². The fourth-order valence-electron chi connectivity index (χ4n) is 4.51. The summed E-state index contributed by atoms with van der Waals surface area (Å²) >= 11 is 0. The van der Waals surface area contributed by atoms with E-state index >= 15 is 0 Å². The maximum absolute atomic E-state index is 13.6. The van der Waals surface area contributed by atoms with Gasteiger partial charge >= 0.3 is 0 Å². The number of carbonyl (C=O) groups is 2. The van der Waals surface area contributed by atoms with Crippen LogP contribution in [-0.2, 0) is 14.3 Å². The Morgan fingerprint density at radius 2 is 1.84 bits per heavy atom. The molecule has 0 unspecified atom stereocenters. The van der Waals surface area contributed by atoms with E-state index in [-0.39, 0.29) is 17.7 Å². The van der Waals surface area contributed by atoms with Gasteiger partial charge in [-0.1, -0.05) is 32.0 Å². The number of rotatable bonds is 3. The van der Waals surface area contributed by atoms with Gasteiger partial charge < -0.3 is 19.7 Å². The van der Waals surface area contributed by atoms with Crippen molar-refractivity contribution in [2.45, 2.75) is 44.9 Å². The molecule has 0 aliphatic carbocycles. The number of carbonyl (C=O) groups excluding carboxylic acids is 2. The normalized spacial score (nSPS) is 24.9. The lowest BCUT2D eigenvalue weighted by atomic mass is 9.89. The molecule has 2 fully saturated rings. The second kappa shape index (κ2) is 7.64. The number of fused-ring (bicyclic) bond motifs is 1. The van der Waals surface area contributed by atoms with Crippen LogP contribution in [0.15, 0.2) is 35.3 Å². The molecule has 1 atom stereocenters. The first kappa shape index (κ1) is 21.0. The molecule has 168 valence electrons. The van der Waals surface area contributed by atoms with Crippen LogP contribution in [-0.4, -0.2) is 65.2 Å². The third-order valence-corrected chi connectivity index (χ3v) is 6.96. The van der Waals surface area contributed by atoms with E-state index < -0.39 is 11.3 Å². The van der Waals surface area contributed by atoms with Crippen molar-refractivity contribution in [1.29, 1.82) is 0 Å². The van der Waals surface area contributed by atoms with Crippen LogP contribution in [0.4, 0.5) is 0 Å². The van der Waals surface area contributed by atoms with Gasteiger partial charge in [-0.05, 0) is 25.0 Å². The molecule has 2 amide bonds. The number of ether oxygens (including phenoxy) is 2. The van der Waals surface area contributed by atoms with E-state index in [1.54, 1.807) is 0 Å². The molecule has 3 aliphatic heterocycles. The summed E-state index contributed by atoms with van der Waals surface area (Å²) in [5.74, 6) is -0.489. The largest absolute Gasteiger partial charge is 0.347 e. The van der Waals surface area contributed by atoms with Crippen molar-refractivity contribution in [3.63, 3.8) is 0 Å². The van der Waals surface area contributed by atoms with E-state index in [1.807, 2.05) is 56.0 Å². The lowest BCUT2D eigenvalue weighted by Gasteiger charge is -2.37. The number of amidine groups is 1. The van der Waals surface area contributed by atoms with Crippen LogP contribution in [0.2, 0.25) is 0 Å². The Kier molecular flexibility index (Phi) is 5.02. The van der Waals surface area contributed by atoms with Gasteiger partial charge in [0, 0.05) is 31.3 Å². The third-order valence-electron chi connectivity index (χ3n) is 6.96. The highest BCUT2D eigenvalue weighted by molar-refractivity contribution is 6.19. The number of benzene rings is 1. The number of amides is 2. The molecule has 1 aromatic carbocycles. The van der Waals surface area contributed by atoms with Crippen LogP contribution in [0.25, 0.3) is 10.9 Å². The molecule has 3 aliphatic rings. The SMILES string of the molecule is CC(C)[C@]1(C)N=C(c2nc3ccccc3cc2C(=O)N2CCC3(CC2)OCCO3)NC1=O. The standard InChI is InChI=1S/C24H28N4O4/c1-15(2)23(3)22(30)26-20(27-23)19-17(14-16-6-4-5-7-18(16)25-19)21(29)28-10-8-24(9-11-28)31-12-13-32-24/h4-7,14-15H,8-13H2,1-3H3,(H,26,27,30)/t23-/m0/s1. The van der Waals surface area contributed by atoms with Crippen LogP contribution in [0.1, 0.15) is 49.7 Å². The number of aliphatic imine (C=N–C) groups is 1. The molecule has 32 heavy (non-hydrogen) atoms. The van der Waals surface area contributed by atoms with Crippen molar-refractivity contribution in [3.05, 3.63) is 41.6 Å². The van der Waals surface area contributed by atoms with Gasteiger partial charge in [0.1, 0.15) is 11.2 Å². The van der Waals surface area contributed by atoms with Crippen LogP contribution < -0.4 is 5.32 Å². The summed E-state index contributed by atoms with van der Waals surface area (Å²) in [6, 6.07) is 9.50. The molecule has 0 bridgehead atoms. The van der Waals surface area contributed by atoms with Crippen LogP contribution >= 0.6 is 0 Å². The number of aromatic nitrogens is 1. The Labute approximate surface area is 187 Å². The van der Waals surface area contributed by atoms with Gasteiger partial charge in [-0.15, -0.1) is 0 Å². The number of nitrogens with one attached hydrogen (secondary N) is 1. The summed E-state index contributed by atoms with van der Waals surface area (Å²) in [4.78, 5) is 37.6. The van der Waals surface area contributed by atoms with Crippen molar-refractivity contribution < 1.29 is 19.1 Å². The zero-order chi connectivity index (χ0) is 22.5. The Morgan fingerprint density at radius 3 is 2.50 bits per heavy atom. The van der Waals surface area contributed by atoms with Crippen LogP contribution in [0.3, 0.4) is 0 Å². The lowest BCUT2D eigenvalue weighted by molar-refractivity contribution is -0.181. The molecule has 5 rings (SSSR count). The number of hydrogen-bond donors (Lipinski definition) is 1. The fourth-order valence-corrected chi connectivity index (χ4v) is 4.51. The minimum absolute atomic E-state index is 0.00398. The van der Waals surface area contributed by atoms with Crippen molar-refractivity contribution in [2.24, 2.45) is 10.9 Å². The fraction of sp³-hybridized carbons (Fsp3) is 0.500. The summed E-state index contributed by atoms with van der Waals surface area (Å²) in [6.07, 6.45) is 1.27. The van der Waals surface area contributed by atoms with Gasteiger partial charge in [0.15, 0.2) is 11.6 Å². The van der Waals surface area contributed by atoms with Crippen LogP contribution in [0.5, 0.6) is 0 Å². The van der Waals surface area contributed by atoms with E-state index in [0.717, 1.165) is 10.9 Å². The Morgan fingerprint density at radius 1 is 1.16 bits per heavy atom. The van der Waals surface area contributed by atoms with Crippen molar-refractivity contribution in [3.8, 4) is 0 Å². The average Bonchev–Trinajstić information content (AvgIpc) is 3.37. The smallest absolute Gasteiger partial charge is 0.256 e. The monoisotopic (exact) mass is 436 g/mol. The maximum Gasteiger partial charge on any atom is 0.256 e. The number of para-hydroxylation sites is 1. The van der Waals surface area contributed by atoms with Crippen molar-refractivity contribution in [1.82, 2.24) is 15.2 Å². The van der Waals surface area contributed by atoms with Crippen LogP contribution in [0, 0.1) is 5.92 Å². The Hall–Kier alpha value is -2.84. The highest BCUT2D eigenvalue weighted by atomic mass is 16.7. The maximum atomic E-state index is 13.6. The Bertz CT molecular complexity index is 1110. The molecule has 2 aromatic rings. The average molecular weight is 437 g/mol. The first-order valence-electron chi connectivity index (χ1n) is 11.2. The number of pyridine rings is 1. The second-order valence-electron chi connectivity index (χ2n) is 9.19. The van der Waals surface area contributed by atoms with Gasteiger partial charge in [0.25, 0.3) is 11.8 Å². The van der Waals surface area contributed by atoms with Gasteiger partial charge in [-0.2, -0.15) is 0 Å². The number of nitrogens with zero attached hydrogens (tertiary/aromatic N) is 3. The molecule has 1 N–H and O–H groups in total. The molecular weight excluding hydrogens is 408 g/mol. The molecule has 4 heterocycles. The zero-order valence-electron chi connectivity index (χ0n) is 18.7. The first-order valence-corrected chi connectivity index (χ1v) is 11.2. The molecule has 0 saturated carbocycles. The highest BCUT2D eigenvalue weighted by Gasteiger charge is 2.44. The van der Waals surface area contributed by atoms with Gasteiger partial charge in [0.2, 0.25) is 0 Å². The number of hydrogen-bond acceptors (Lipinski definition) is 6. The predicted octanol–water partition coefficient (Wildman–Crippen LogP) is 2.50. The molecule has 8 nitrogen and oxygen atoms in total. The molecule has 2 saturated heterocycles. The highest BCUT2D eigenvalue weighted by Crippen LogP contribution is 2.33. The summed E-state index contributed by atoms with van der Waals surface area (Å²) in [7, 11) is 0. The third kappa shape index (κ3) is 3.38. The van der Waals surface area contributed by atoms with Crippen molar-refractivity contribution >= 4 is 28.6 Å². The van der Waals surface area contributed by atoms with Gasteiger partial charge in [-0.3, -0.25) is 9.59 Å². The molecule has 0 radical (unpaired) electrons. The van der Waals surface area contributed by atoms with Gasteiger partial charge in [-0.25, -0.2) is 9.98 Å². The molecule has 8 heteroatoms. The molecule has 1 aromatic heterocycles. The van der Waals surface area contributed by atoms with Crippen molar-refractivity contribution in [2.75, 3.05) is 26.3 Å². The minimum Gasteiger partial charge on any atom is -0.347 e. The molecule has 1 spiro atoms. The van der Waals surface area contributed by atoms with Gasteiger partial charge in [0.05, 0.1) is 24.3 Å².